The lowest BCUT2D eigenvalue weighted by Crippen LogP contribution is -2.49. The van der Waals surface area contributed by atoms with Gasteiger partial charge in [-0.15, -0.1) is 0 Å². The minimum atomic E-state index is -2.69. The van der Waals surface area contributed by atoms with Crippen LogP contribution in [0.25, 0.3) is 0 Å². The van der Waals surface area contributed by atoms with Gasteiger partial charge in [0.25, 0.3) is 0 Å². The predicted octanol–water partition coefficient (Wildman–Crippen LogP) is 3.83. The van der Waals surface area contributed by atoms with Crippen molar-refractivity contribution in [2.75, 3.05) is 19.8 Å². The normalized spacial score (nSPS) is 25.6. The van der Waals surface area contributed by atoms with Gasteiger partial charge in [-0.2, -0.15) is 0 Å². The number of fused-ring (bicyclic) bond motifs is 2. The molecule has 2 rings (SSSR count). The summed E-state index contributed by atoms with van der Waals surface area (Å²) in [5, 5.41) is 1.33. The van der Waals surface area contributed by atoms with E-state index in [2.05, 4.69) is 6.92 Å². The van der Waals surface area contributed by atoms with Crippen molar-refractivity contribution in [1.82, 2.24) is 0 Å². The van der Waals surface area contributed by atoms with Crippen molar-refractivity contribution in [3.63, 3.8) is 0 Å². The van der Waals surface area contributed by atoms with Gasteiger partial charge < -0.3 is 13.3 Å². The Morgan fingerprint density at radius 3 is 2.05 bits per heavy atom. The molecule has 20 heavy (non-hydrogen) atoms. The second-order valence-electron chi connectivity index (χ2n) is 5.63. The van der Waals surface area contributed by atoms with Crippen LogP contribution in [0.2, 0.25) is 0 Å². The van der Waals surface area contributed by atoms with Gasteiger partial charge in [-0.25, -0.2) is 0 Å². The maximum atomic E-state index is 6.07. The van der Waals surface area contributed by atoms with Gasteiger partial charge in [-0.3, -0.25) is 0 Å². The van der Waals surface area contributed by atoms with Gasteiger partial charge in [-0.1, -0.05) is 17.8 Å². The highest BCUT2D eigenvalue weighted by Gasteiger charge is 2.56. The molecule has 1 fully saturated rings. The van der Waals surface area contributed by atoms with Crippen molar-refractivity contribution in [3.05, 3.63) is 10.8 Å². The van der Waals surface area contributed by atoms with Crippen LogP contribution < -0.4 is 0 Å². The molecule has 0 saturated heterocycles. The first-order chi connectivity index (χ1) is 9.53. The van der Waals surface area contributed by atoms with E-state index in [9.17, 15) is 0 Å². The molecular weight excluding hydrogens is 288 g/mol. The molecule has 5 heteroatoms. The Balaban J connectivity index is 2.33. The molecule has 2 bridgehead atoms. The predicted molar refractivity (Wildman–Crippen MR) is 86.8 cm³/mol. The largest absolute Gasteiger partial charge is 0.532 e. The topological polar surface area (TPSA) is 27.7 Å². The molecule has 0 aromatic rings. The molecule has 0 heterocycles. The SMILES string of the molecule is CCO[Si](OCC)(OCC)C1=C2CCC(C(C)=S)(C2)C1. The fourth-order valence-electron chi connectivity index (χ4n) is 3.55. The Bertz CT molecular complexity index is 404. The van der Waals surface area contributed by atoms with Crippen LogP contribution in [0, 0.1) is 5.41 Å². The zero-order valence-corrected chi connectivity index (χ0v) is 14.9. The highest BCUT2D eigenvalue weighted by atomic mass is 32.1. The molecule has 3 nitrogen and oxygen atoms in total. The lowest BCUT2D eigenvalue weighted by molar-refractivity contribution is 0.0788. The van der Waals surface area contributed by atoms with Crippen LogP contribution in [0.3, 0.4) is 0 Å². The van der Waals surface area contributed by atoms with Gasteiger partial charge in [0.1, 0.15) is 0 Å². The van der Waals surface area contributed by atoms with Crippen molar-refractivity contribution < 1.29 is 13.3 Å². The first kappa shape index (κ1) is 16.3. The molecular formula is C15H26O3SSi. The maximum absolute atomic E-state index is 6.07. The molecule has 114 valence electrons. The van der Waals surface area contributed by atoms with Gasteiger partial charge in [0.15, 0.2) is 0 Å². The van der Waals surface area contributed by atoms with Crippen LogP contribution in [0.5, 0.6) is 0 Å². The highest BCUT2D eigenvalue weighted by molar-refractivity contribution is 7.80. The fourth-order valence-corrected chi connectivity index (χ4v) is 6.91. The van der Waals surface area contributed by atoms with Gasteiger partial charge >= 0.3 is 8.80 Å². The average Bonchev–Trinajstić information content (AvgIpc) is 2.99. The summed E-state index contributed by atoms with van der Waals surface area (Å²) in [5.41, 5.74) is 1.68. The summed E-state index contributed by atoms with van der Waals surface area (Å²) in [5.74, 6) is 0. The Kier molecular flexibility index (Phi) is 5.18. The molecule has 0 amide bonds. The molecule has 1 atom stereocenters. The second kappa shape index (κ2) is 6.36. The molecule has 1 unspecified atom stereocenters. The first-order valence-corrected chi connectivity index (χ1v) is 9.81. The summed E-state index contributed by atoms with van der Waals surface area (Å²) in [7, 11) is -2.69. The minimum Gasteiger partial charge on any atom is -0.370 e. The van der Waals surface area contributed by atoms with Crippen LogP contribution in [-0.2, 0) is 13.3 Å². The van der Waals surface area contributed by atoms with Crippen LogP contribution in [0.15, 0.2) is 10.8 Å². The van der Waals surface area contributed by atoms with Crippen molar-refractivity contribution in [2.24, 2.45) is 5.41 Å². The summed E-state index contributed by atoms with van der Waals surface area (Å²) in [6.45, 7) is 10.0. The molecule has 1 saturated carbocycles. The molecule has 2 aliphatic carbocycles. The van der Waals surface area contributed by atoms with Crippen molar-refractivity contribution in [2.45, 2.75) is 53.4 Å². The zero-order chi connectivity index (χ0) is 14.8. The van der Waals surface area contributed by atoms with Crippen LogP contribution >= 0.6 is 12.2 Å². The summed E-state index contributed by atoms with van der Waals surface area (Å²) >= 11 is 5.53. The van der Waals surface area contributed by atoms with Crippen molar-refractivity contribution in [1.29, 1.82) is 0 Å². The Morgan fingerprint density at radius 2 is 1.65 bits per heavy atom. The molecule has 0 aliphatic heterocycles. The van der Waals surface area contributed by atoms with Gasteiger partial charge in [0, 0.05) is 30.4 Å². The Hall–Kier alpha value is -0.0731. The third-order valence-electron chi connectivity index (χ3n) is 4.52. The zero-order valence-electron chi connectivity index (χ0n) is 13.1. The van der Waals surface area contributed by atoms with Gasteiger partial charge in [0.2, 0.25) is 0 Å². The standard InChI is InChI=1S/C15H26O3SSi/c1-5-16-20(17-6-2,18-7-3)14-11-15(12(4)19)9-8-13(14)10-15/h5-11H2,1-4H3. The lowest BCUT2D eigenvalue weighted by Gasteiger charge is -2.34. The number of rotatable bonds is 8. The molecule has 0 aromatic carbocycles. The van der Waals surface area contributed by atoms with E-state index in [4.69, 9.17) is 25.5 Å². The third kappa shape index (κ3) is 2.66. The number of hydrogen-bond donors (Lipinski definition) is 0. The lowest BCUT2D eigenvalue weighted by atomic mass is 9.82. The van der Waals surface area contributed by atoms with E-state index in [1.54, 1.807) is 0 Å². The number of thiocarbonyl (C=S) groups is 1. The first-order valence-electron chi connectivity index (χ1n) is 7.68. The van der Waals surface area contributed by atoms with E-state index in [1.807, 2.05) is 20.8 Å². The average molecular weight is 315 g/mol. The van der Waals surface area contributed by atoms with E-state index in [0.29, 0.717) is 19.8 Å². The highest BCUT2D eigenvalue weighted by Crippen LogP contribution is 2.56. The summed E-state index contributed by atoms with van der Waals surface area (Å²) in [6, 6.07) is 0. The summed E-state index contributed by atoms with van der Waals surface area (Å²) in [6.07, 6.45) is 4.41. The number of allylic oxidation sites excluding steroid dienone is 2. The third-order valence-corrected chi connectivity index (χ3v) is 8.23. The van der Waals surface area contributed by atoms with E-state index in [0.717, 1.165) is 24.1 Å². The minimum absolute atomic E-state index is 0.184. The molecule has 0 radical (unpaired) electrons. The maximum Gasteiger partial charge on any atom is 0.532 e. The van der Waals surface area contributed by atoms with E-state index < -0.39 is 8.80 Å². The van der Waals surface area contributed by atoms with Crippen molar-refractivity contribution in [3.8, 4) is 0 Å². The monoisotopic (exact) mass is 314 g/mol. The molecule has 2 aliphatic rings. The van der Waals surface area contributed by atoms with E-state index in [1.165, 1.54) is 17.2 Å². The van der Waals surface area contributed by atoms with E-state index in [-0.39, 0.29) is 5.41 Å². The number of hydrogen-bond acceptors (Lipinski definition) is 4. The Morgan fingerprint density at radius 1 is 1.10 bits per heavy atom. The summed E-state index contributed by atoms with van der Waals surface area (Å²) < 4.78 is 18.2. The molecule has 0 aromatic heterocycles. The van der Waals surface area contributed by atoms with Crippen molar-refractivity contribution >= 4 is 25.9 Å². The second-order valence-corrected chi connectivity index (χ2v) is 8.82. The summed E-state index contributed by atoms with van der Waals surface area (Å²) in [4.78, 5) is 1.13. The molecule has 0 N–H and O–H groups in total. The van der Waals surface area contributed by atoms with E-state index >= 15 is 0 Å². The smallest absolute Gasteiger partial charge is 0.370 e. The quantitative estimate of drug-likeness (QED) is 0.503. The van der Waals surface area contributed by atoms with Gasteiger partial charge in [-0.05, 0) is 58.2 Å². The molecule has 0 spiro atoms. The van der Waals surface area contributed by atoms with Crippen LogP contribution in [-0.4, -0.2) is 33.5 Å². The fraction of sp³-hybridized carbons (Fsp3) is 0.800. The van der Waals surface area contributed by atoms with Gasteiger partial charge in [0.05, 0.1) is 0 Å². The Labute approximate surface area is 129 Å². The van der Waals surface area contributed by atoms with Crippen LogP contribution in [0.1, 0.15) is 53.4 Å². The van der Waals surface area contributed by atoms with Crippen LogP contribution in [0.4, 0.5) is 0 Å².